The molecule has 5 nitrogen and oxygen atoms in total. The van der Waals surface area contributed by atoms with E-state index in [-0.39, 0.29) is 12.5 Å². The highest BCUT2D eigenvalue weighted by atomic mass is 16.5. The number of alkyl carbamates (subject to hydrolysis) is 1. The first-order chi connectivity index (χ1) is 12.4. The van der Waals surface area contributed by atoms with Crippen LogP contribution in [0.2, 0.25) is 0 Å². The molecule has 2 rings (SSSR count). The van der Waals surface area contributed by atoms with Gasteiger partial charge >= 0.3 is 12.1 Å². The van der Waals surface area contributed by atoms with E-state index in [0.717, 1.165) is 22.3 Å². The molecule has 0 heterocycles. The first-order valence-corrected chi connectivity index (χ1v) is 8.64. The number of hydrogen-bond donors (Lipinski definition) is 2. The Morgan fingerprint density at radius 3 is 2.46 bits per heavy atom. The molecule has 0 aliphatic heterocycles. The van der Waals surface area contributed by atoms with Crippen molar-refractivity contribution >= 4 is 12.1 Å². The summed E-state index contributed by atoms with van der Waals surface area (Å²) in [4.78, 5) is 23.5. The summed E-state index contributed by atoms with van der Waals surface area (Å²) in [5.41, 5.74) is 4.17. The molecule has 0 saturated heterocycles. The van der Waals surface area contributed by atoms with E-state index in [2.05, 4.69) is 11.4 Å². The van der Waals surface area contributed by atoms with Crippen molar-refractivity contribution < 1.29 is 19.4 Å². The second-order valence-corrected chi connectivity index (χ2v) is 6.59. The Hall–Kier alpha value is -2.82. The second-order valence-electron chi connectivity index (χ2n) is 6.59. The summed E-state index contributed by atoms with van der Waals surface area (Å²) in [6.07, 6.45) is -0.436. The SMILES string of the molecule is Cc1ccc(C)c(C(C)CC(NC(=O)OCc2ccccc2)C(=O)O)c1. The topological polar surface area (TPSA) is 75.6 Å². The van der Waals surface area contributed by atoms with Gasteiger partial charge in [-0.1, -0.05) is 61.0 Å². The zero-order valence-electron chi connectivity index (χ0n) is 15.4. The highest BCUT2D eigenvalue weighted by Crippen LogP contribution is 2.25. The van der Waals surface area contributed by atoms with E-state index >= 15 is 0 Å². The van der Waals surface area contributed by atoms with Gasteiger partial charge in [-0.25, -0.2) is 9.59 Å². The van der Waals surface area contributed by atoms with Gasteiger partial charge < -0.3 is 15.2 Å². The largest absolute Gasteiger partial charge is 0.480 e. The van der Waals surface area contributed by atoms with Gasteiger partial charge in [-0.15, -0.1) is 0 Å². The predicted octanol–water partition coefficient (Wildman–Crippen LogP) is 4.18. The minimum atomic E-state index is -1.07. The minimum Gasteiger partial charge on any atom is -0.480 e. The highest BCUT2D eigenvalue weighted by Gasteiger charge is 2.24. The molecule has 0 bridgehead atoms. The monoisotopic (exact) mass is 355 g/mol. The van der Waals surface area contributed by atoms with E-state index in [1.807, 2.05) is 63.2 Å². The number of carbonyl (C=O) groups is 2. The molecule has 2 atom stereocenters. The number of rotatable bonds is 7. The number of ether oxygens (including phenoxy) is 1. The molecule has 2 aromatic rings. The van der Waals surface area contributed by atoms with Crippen molar-refractivity contribution in [3.63, 3.8) is 0 Å². The molecule has 2 unspecified atom stereocenters. The van der Waals surface area contributed by atoms with Crippen LogP contribution in [0.25, 0.3) is 0 Å². The van der Waals surface area contributed by atoms with Crippen molar-refractivity contribution in [1.82, 2.24) is 5.32 Å². The van der Waals surface area contributed by atoms with Gasteiger partial charge in [0.2, 0.25) is 0 Å². The van der Waals surface area contributed by atoms with E-state index in [9.17, 15) is 14.7 Å². The number of aryl methyl sites for hydroxylation is 2. The average Bonchev–Trinajstić information content (AvgIpc) is 2.62. The number of carboxylic acid groups (broad SMARTS) is 1. The number of nitrogens with one attached hydrogen (secondary N) is 1. The summed E-state index contributed by atoms with van der Waals surface area (Å²) >= 11 is 0. The van der Waals surface area contributed by atoms with Gasteiger partial charge in [0.15, 0.2) is 0 Å². The lowest BCUT2D eigenvalue weighted by Gasteiger charge is -2.21. The van der Waals surface area contributed by atoms with Crippen molar-refractivity contribution in [2.75, 3.05) is 0 Å². The third-order valence-corrected chi connectivity index (χ3v) is 4.36. The number of carboxylic acids is 1. The van der Waals surface area contributed by atoms with E-state index in [0.29, 0.717) is 6.42 Å². The maximum Gasteiger partial charge on any atom is 0.408 e. The number of carbonyl (C=O) groups excluding carboxylic acids is 1. The third kappa shape index (κ3) is 5.62. The predicted molar refractivity (Wildman–Crippen MR) is 100 cm³/mol. The number of aliphatic carboxylic acids is 1. The Kier molecular flexibility index (Phi) is 6.78. The van der Waals surface area contributed by atoms with Gasteiger partial charge in [-0.3, -0.25) is 0 Å². The molecular formula is C21H25NO4. The molecule has 0 spiro atoms. The van der Waals surface area contributed by atoms with Crippen molar-refractivity contribution in [2.24, 2.45) is 0 Å². The zero-order chi connectivity index (χ0) is 19.1. The molecule has 0 aliphatic rings. The lowest BCUT2D eigenvalue weighted by atomic mass is 9.89. The molecule has 1 amide bonds. The molecular weight excluding hydrogens is 330 g/mol. The summed E-state index contributed by atoms with van der Waals surface area (Å²) < 4.78 is 5.13. The first-order valence-electron chi connectivity index (χ1n) is 8.64. The molecule has 0 radical (unpaired) electrons. The normalized spacial score (nSPS) is 12.9. The fourth-order valence-corrected chi connectivity index (χ4v) is 2.90. The van der Waals surface area contributed by atoms with Crippen molar-refractivity contribution in [3.05, 3.63) is 70.8 Å². The summed E-state index contributed by atoms with van der Waals surface area (Å²) in [7, 11) is 0. The molecule has 0 aromatic heterocycles. The fourth-order valence-electron chi connectivity index (χ4n) is 2.90. The molecule has 5 heteroatoms. The van der Waals surface area contributed by atoms with Crippen LogP contribution in [0.5, 0.6) is 0 Å². The van der Waals surface area contributed by atoms with Crippen molar-refractivity contribution in [1.29, 1.82) is 0 Å². The fraction of sp³-hybridized carbons (Fsp3) is 0.333. The van der Waals surface area contributed by atoms with Gasteiger partial charge in [0, 0.05) is 0 Å². The van der Waals surface area contributed by atoms with Gasteiger partial charge in [0.25, 0.3) is 0 Å². The van der Waals surface area contributed by atoms with Gasteiger partial charge in [-0.05, 0) is 42.9 Å². The second kappa shape index (κ2) is 9.04. The van der Waals surface area contributed by atoms with Crippen LogP contribution in [0.1, 0.15) is 41.5 Å². The van der Waals surface area contributed by atoms with E-state index < -0.39 is 18.1 Å². The first kappa shape index (κ1) is 19.5. The summed E-state index contributed by atoms with van der Waals surface area (Å²) in [5.74, 6) is -1.08. The van der Waals surface area contributed by atoms with E-state index in [1.54, 1.807) is 0 Å². The Bertz CT molecular complexity index is 758. The van der Waals surface area contributed by atoms with E-state index in [1.165, 1.54) is 0 Å². The van der Waals surface area contributed by atoms with Gasteiger partial charge in [0.1, 0.15) is 12.6 Å². The Balaban J connectivity index is 1.96. The molecule has 0 fully saturated rings. The van der Waals surface area contributed by atoms with Crippen LogP contribution in [0.3, 0.4) is 0 Å². The summed E-state index contributed by atoms with van der Waals surface area (Å²) in [5, 5.41) is 11.9. The van der Waals surface area contributed by atoms with E-state index in [4.69, 9.17) is 4.74 Å². The van der Waals surface area contributed by atoms with Crippen LogP contribution in [0.15, 0.2) is 48.5 Å². The molecule has 0 saturated carbocycles. The van der Waals surface area contributed by atoms with Crippen LogP contribution in [-0.4, -0.2) is 23.2 Å². The van der Waals surface area contributed by atoms with Gasteiger partial charge in [-0.2, -0.15) is 0 Å². The molecule has 26 heavy (non-hydrogen) atoms. The van der Waals surface area contributed by atoms with Crippen LogP contribution >= 0.6 is 0 Å². The molecule has 138 valence electrons. The van der Waals surface area contributed by atoms with Crippen LogP contribution in [-0.2, 0) is 16.1 Å². The maximum absolute atomic E-state index is 12.0. The summed E-state index contributed by atoms with van der Waals surface area (Å²) in [6, 6.07) is 14.4. The van der Waals surface area contributed by atoms with Crippen LogP contribution in [0, 0.1) is 13.8 Å². The lowest BCUT2D eigenvalue weighted by molar-refractivity contribution is -0.139. The number of benzene rings is 2. The van der Waals surface area contributed by atoms with Crippen LogP contribution in [0.4, 0.5) is 4.79 Å². The van der Waals surface area contributed by atoms with Crippen molar-refractivity contribution in [3.8, 4) is 0 Å². The average molecular weight is 355 g/mol. The minimum absolute atomic E-state index is 0.00887. The quantitative estimate of drug-likeness (QED) is 0.781. The third-order valence-electron chi connectivity index (χ3n) is 4.36. The molecule has 0 aliphatic carbocycles. The molecule has 2 N–H and O–H groups in total. The Morgan fingerprint density at radius 2 is 1.81 bits per heavy atom. The standard InChI is InChI=1S/C21H25NO4/c1-14-9-10-15(2)18(11-14)16(3)12-19(20(23)24)22-21(25)26-13-17-7-5-4-6-8-17/h4-11,16,19H,12-13H2,1-3H3,(H,22,25)(H,23,24). The Morgan fingerprint density at radius 1 is 1.12 bits per heavy atom. The smallest absolute Gasteiger partial charge is 0.408 e. The molecule has 2 aromatic carbocycles. The summed E-state index contributed by atoms with van der Waals surface area (Å²) in [6.45, 7) is 6.08. The maximum atomic E-state index is 12.0. The lowest BCUT2D eigenvalue weighted by Crippen LogP contribution is -2.41. The highest BCUT2D eigenvalue weighted by molar-refractivity contribution is 5.80. The van der Waals surface area contributed by atoms with Gasteiger partial charge in [0.05, 0.1) is 0 Å². The number of hydrogen-bond acceptors (Lipinski definition) is 3. The van der Waals surface area contributed by atoms with Crippen LogP contribution < -0.4 is 5.32 Å². The number of amides is 1. The van der Waals surface area contributed by atoms with Crippen molar-refractivity contribution in [2.45, 2.75) is 45.8 Å². The Labute approximate surface area is 154 Å². The zero-order valence-corrected chi connectivity index (χ0v) is 15.4.